The molecule has 22 heavy (non-hydrogen) atoms. The Hall–Kier alpha value is -2.70. The fraction of sp³-hybridized carbons (Fsp3) is 0.333. The van der Waals surface area contributed by atoms with Crippen molar-refractivity contribution in [3.05, 3.63) is 36.3 Å². The molecule has 7 nitrogen and oxygen atoms in total. The van der Waals surface area contributed by atoms with Gasteiger partial charge >= 0.3 is 6.03 Å². The first kappa shape index (κ1) is 14.2. The van der Waals surface area contributed by atoms with Crippen LogP contribution >= 0.6 is 0 Å². The van der Waals surface area contributed by atoms with Crippen molar-refractivity contribution in [1.82, 2.24) is 20.3 Å². The zero-order valence-electron chi connectivity index (χ0n) is 12.4. The van der Waals surface area contributed by atoms with Crippen molar-refractivity contribution in [3.63, 3.8) is 0 Å². The number of carbonyl (C=O) groups is 1. The normalized spacial score (nSPS) is 13.4. The first-order valence-corrected chi connectivity index (χ1v) is 7.37. The lowest BCUT2D eigenvalue weighted by Gasteiger charge is -2.29. The van der Waals surface area contributed by atoms with Crippen LogP contribution in [0.3, 0.4) is 0 Å². The van der Waals surface area contributed by atoms with E-state index in [0.29, 0.717) is 12.5 Å². The van der Waals surface area contributed by atoms with Gasteiger partial charge in [-0.1, -0.05) is 0 Å². The van der Waals surface area contributed by atoms with E-state index < -0.39 is 0 Å². The third kappa shape index (κ3) is 2.98. The maximum absolute atomic E-state index is 11.6. The van der Waals surface area contributed by atoms with Gasteiger partial charge < -0.3 is 10.2 Å². The Labute approximate surface area is 128 Å². The summed E-state index contributed by atoms with van der Waals surface area (Å²) in [5.41, 5.74) is 2.14. The second-order valence-corrected chi connectivity index (χ2v) is 4.95. The molecule has 0 atom stereocenters. The summed E-state index contributed by atoms with van der Waals surface area (Å²) in [7, 11) is 0. The molecule has 0 saturated heterocycles. The molecule has 3 heterocycles. The maximum Gasteiger partial charge on any atom is 0.321 e. The van der Waals surface area contributed by atoms with Gasteiger partial charge in [-0.3, -0.25) is 10.3 Å². The van der Waals surface area contributed by atoms with E-state index in [4.69, 9.17) is 0 Å². The Morgan fingerprint density at radius 3 is 3.09 bits per heavy atom. The third-order valence-electron chi connectivity index (χ3n) is 3.43. The molecule has 2 N–H and O–H groups in total. The molecule has 1 aliphatic rings. The molecular weight excluding hydrogens is 280 g/mol. The van der Waals surface area contributed by atoms with Gasteiger partial charge in [-0.05, 0) is 38.0 Å². The van der Waals surface area contributed by atoms with Crippen LogP contribution < -0.4 is 15.5 Å². The molecule has 3 rings (SSSR count). The summed E-state index contributed by atoms with van der Waals surface area (Å²) in [6, 6.07) is 5.50. The average molecular weight is 298 g/mol. The molecule has 2 amide bonds. The van der Waals surface area contributed by atoms with Gasteiger partial charge in [0.2, 0.25) is 5.95 Å². The van der Waals surface area contributed by atoms with Crippen molar-refractivity contribution >= 4 is 23.5 Å². The molecule has 0 saturated carbocycles. The van der Waals surface area contributed by atoms with Crippen LogP contribution in [0.1, 0.15) is 19.0 Å². The number of anilines is 3. The highest BCUT2D eigenvalue weighted by Gasteiger charge is 2.20. The van der Waals surface area contributed by atoms with E-state index in [1.165, 1.54) is 0 Å². The molecule has 0 aliphatic carbocycles. The minimum Gasteiger partial charge on any atom is -0.338 e. The quantitative estimate of drug-likeness (QED) is 0.906. The molecule has 0 aromatic carbocycles. The van der Waals surface area contributed by atoms with Crippen molar-refractivity contribution in [1.29, 1.82) is 0 Å². The van der Waals surface area contributed by atoms with Gasteiger partial charge in [0.1, 0.15) is 5.82 Å². The minimum atomic E-state index is -0.305. The summed E-state index contributed by atoms with van der Waals surface area (Å²) in [5, 5.41) is 5.29. The van der Waals surface area contributed by atoms with Crippen molar-refractivity contribution in [2.75, 3.05) is 23.3 Å². The first-order chi connectivity index (χ1) is 10.8. The third-order valence-corrected chi connectivity index (χ3v) is 3.43. The molecule has 0 unspecified atom stereocenters. The number of pyridine rings is 1. The number of nitrogens with zero attached hydrogens (tertiary/aromatic N) is 4. The SMILES string of the molecule is CCNC(=O)Nc1nccc(N2CCCc3ncccc32)n1. The van der Waals surface area contributed by atoms with Crippen molar-refractivity contribution < 1.29 is 4.79 Å². The van der Waals surface area contributed by atoms with Crippen LogP contribution in [-0.2, 0) is 6.42 Å². The van der Waals surface area contributed by atoms with Crippen LogP contribution in [-0.4, -0.2) is 34.1 Å². The lowest BCUT2D eigenvalue weighted by molar-refractivity contribution is 0.252. The molecule has 0 spiro atoms. The molecule has 1 aliphatic heterocycles. The molecular formula is C15H18N6O. The average Bonchev–Trinajstić information content (AvgIpc) is 2.55. The minimum absolute atomic E-state index is 0.291. The number of urea groups is 1. The highest BCUT2D eigenvalue weighted by Crippen LogP contribution is 2.30. The number of hydrogen-bond donors (Lipinski definition) is 2. The van der Waals surface area contributed by atoms with Crippen molar-refractivity contribution in [2.45, 2.75) is 19.8 Å². The first-order valence-electron chi connectivity index (χ1n) is 7.37. The zero-order valence-corrected chi connectivity index (χ0v) is 12.4. The van der Waals surface area contributed by atoms with Crippen LogP contribution in [0, 0.1) is 0 Å². The van der Waals surface area contributed by atoms with Gasteiger partial charge in [0, 0.05) is 25.5 Å². The van der Waals surface area contributed by atoms with Gasteiger partial charge in [0.05, 0.1) is 11.4 Å². The van der Waals surface area contributed by atoms with E-state index >= 15 is 0 Å². The molecule has 2 aromatic heterocycles. The van der Waals surface area contributed by atoms with E-state index in [9.17, 15) is 4.79 Å². The number of rotatable bonds is 3. The van der Waals surface area contributed by atoms with Crippen LogP contribution in [0.2, 0.25) is 0 Å². The Kier molecular flexibility index (Phi) is 4.13. The molecule has 114 valence electrons. The molecule has 0 bridgehead atoms. The monoisotopic (exact) mass is 298 g/mol. The van der Waals surface area contributed by atoms with Crippen molar-refractivity contribution in [3.8, 4) is 0 Å². The predicted octanol–water partition coefficient (Wildman–Crippen LogP) is 2.10. The fourth-order valence-corrected chi connectivity index (χ4v) is 2.50. The summed E-state index contributed by atoms with van der Waals surface area (Å²) in [6.07, 6.45) is 5.45. The number of aryl methyl sites for hydroxylation is 1. The van der Waals surface area contributed by atoms with Gasteiger partial charge in [0.25, 0.3) is 0 Å². The van der Waals surface area contributed by atoms with E-state index in [0.717, 1.165) is 36.6 Å². The summed E-state index contributed by atoms with van der Waals surface area (Å²) < 4.78 is 0. The predicted molar refractivity (Wildman–Crippen MR) is 84.3 cm³/mol. The maximum atomic E-state index is 11.6. The standard InChI is InChI=1S/C15H18N6O/c1-2-16-15(22)20-14-18-9-7-13(19-14)21-10-4-5-11-12(21)6-3-8-17-11/h3,6-9H,2,4-5,10H2,1H3,(H2,16,18,19,20,22). The molecule has 2 aromatic rings. The van der Waals surface area contributed by atoms with Crippen LogP contribution in [0.25, 0.3) is 0 Å². The smallest absolute Gasteiger partial charge is 0.321 e. The summed E-state index contributed by atoms with van der Waals surface area (Å²) in [6.45, 7) is 3.28. The Morgan fingerprint density at radius 2 is 2.23 bits per heavy atom. The largest absolute Gasteiger partial charge is 0.338 e. The number of carbonyl (C=O) groups excluding carboxylic acids is 1. The number of aromatic nitrogens is 3. The topological polar surface area (TPSA) is 83.0 Å². The van der Waals surface area contributed by atoms with E-state index in [1.807, 2.05) is 31.3 Å². The Bertz CT molecular complexity index is 675. The van der Waals surface area contributed by atoms with E-state index in [-0.39, 0.29) is 6.03 Å². The summed E-state index contributed by atoms with van der Waals surface area (Å²) >= 11 is 0. The van der Waals surface area contributed by atoms with Crippen molar-refractivity contribution in [2.24, 2.45) is 0 Å². The highest BCUT2D eigenvalue weighted by molar-refractivity contribution is 5.87. The van der Waals surface area contributed by atoms with Crippen LogP contribution in [0.4, 0.5) is 22.2 Å². The lowest BCUT2D eigenvalue weighted by Crippen LogP contribution is -2.30. The van der Waals surface area contributed by atoms with E-state index in [1.54, 1.807) is 6.20 Å². The summed E-state index contributed by atoms with van der Waals surface area (Å²) in [5.74, 6) is 1.05. The second-order valence-electron chi connectivity index (χ2n) is 4.95. The molecule has 0 radical (unpaired) electrons. The van der Waals surface area contributed by atoms with Gasteiger partial charge in [-0.15, -0.1) is 0 Å². The fourth-order valence-electron chi connectivity index (χ4n) is 2.50. The zero-order chi connectivity index (χ0) is 15.4. The summed E-state index contributed by atoms with van der Waals surface area (Å²) in [4.78, 5) is 26.6. The van der Waals surface area contributed by atoms with Crippen LogP contribution in [0.15, 0.2) is 30.6 Å². The number of hydrogen-bond acceptors (Lipinski definition) is 5. The molecule has 7 heteroatoms. The Balaban J connectivity index is 1.85. The van der Waals surface area contributed by atoms with Crippen LogP contribution in [0.5, 0.6) is 0 Å². The molecule has 0 fully saturated rings. The number of nitrogens with one attached hydrogen (secondary N) is 2. The second kappa shape index (κ2) is 6.38. The van der Waals surface area contributed by atoms with E-state index in [2.05, 4.69) is 30.5 Å². The van der Waals surface area contributed by atoms with Gasteiger partial charge in [-0.2, -0.15) is 4.98 Å². The highest BCUT2D eigenvalue weighted by atomic mass is 16.2. The lowest BCUT2D eigenvalue weighted by atomic mass is 10.1. The van der Waals surface area contributed by atoms with Gasteiger partial charge in [0.15, 0.2) is 0 Å². The Morgan fingerprint density at radius 1 is 1.32 bits per heavy atom. The number of fused-ring (bicyclic) bond motifs is 1. The number of amides is 2. The van der Waals surface area contributed by atoms with Gasteiger partial charge in [-0.25, -0.2) is 9.78 Å².